The first-order valence-corrected chi connectivity index (χ1v) is 6.61. The largest absolute Gasteiger partial charge is 0.381 e. The lowest BCUT2D eigenvalue weighted by atomic mass is 10.1. The van der Waals surface area contributed by atoms with Crippen molar-refractivity contribution in [3.63, 3.8) is 0 Å². The summed E-state index contributed by atoms with van der Waals surface area (Å²) in [5, 5.41) is 0.657. The minimum absolute atomic E-state index is 0.139. The van der Waals surface area contributed by atoms with Crippen LogP contribution in [0.2, 0.25) is 5.02 Å². The van der Waals surface area contributed by atoms with Crippen LogP contribution < -0.4 is 0 Å². The lowest BCUT2D eigenvalue weighted by Gasteiger charge is -2.30. The number of hydrogen-bond donors (Lipinski definition) is 0. The standard InChI is InChI=1S/C14H18ClNO2/c1-16(13-6-8-18-9-7-13)10-14(17)11-2-4-12(15)5-3-11/h2-5,13H,6-10H2,1H3. The molecule has 0 saturated carbocycles. The van der Waals surface area contributed by atoms with Gasteiger partial charge >= 0.3 is 0 Å². The molecule has 3 nitrogen and oxygen atoms in total. The number of rotatable bonds is 4. The van der Waals surface area contributed by atoms with Crippen LogP contribution in [0.25, 0.3) is 0 Å². The number of likely N-dealkylation sites (N-methyl/N-ethyl adjacent to an activating group) is 1. The van der Waals surface area contributed by atoms with E-state index in [0.29, 0.717) is 17.6 Å². The number of carbonyl (C=O) groups excluding carboxylic acids is 1. The van der Waals surface area contributed by atoms with Crippen molar-refractivity contribution >= 4 is 17.4 Å². The van der Waals surface area contributed by atoms with Gasteiger partial charge in [0.1, 0.15) is 0 Å². The molecular weight excluding hydrogens is 250 g/mol. The Morgan fingerprint density at radius 1 is 1.33 bits per heavy atom. The summed E-state index contributed by atoms with van der Waals surface area (Å²) in [4.78, 5) is 14.2. The Kier molecular flexibility index (Phi) is 4.75. The number of halogens is 1. The summed E-state index contributed by atoms with van der Waals surface area (Å²) in [6, 6.07) is 7.52. The summed E-state index contributed by atoms with van der Waals surface area (Å²) in [5.74, 6) is 0.139. The van der Waals surface area contributed by atoms with Gasteiger partial charge in [0.15, 0.2) is 5.78 Å². The molecule has 0 atom stereocenters. The highest BCUT2D eigenvalue weighted by Crippen LogP contribution is 2.14. The lowest BCUT2D eigenvalue weighted by Crippen LogP contribution is -2.39. The van der Waals surface area contributed by atoms with Crippen molar-refractivity contribution in [1.29, 1.82) is 0 Å². The van der Waals surface area contributed by atoms with Crippen LogP contribution >= 0.6 is 11.6 Å². The molecule has 1 aromatic carbocycles. The third kappa shape index (κ3) is 3.55. The van der Waals surface area contributed by atoms with E-state index in [-0.39, 0.29) is 5.78 Å². The predicted octanol–water partition coefficient (Wildman–Crippen LogP) is 2.63. The maximum atomic E-state index is 12.1. The SMILES string of the molecule is CN(CC(=O)c1ccc(Cl)cc1)C1CCOCC1. The molecule has 0 unspecified atom stereocenters. The van der Waals surface area contributed by atoms with Crippen LogP contribution in [0.5, 0.6) is 0 Å². The van der Waals surface area contributed by atoms with E-state index in [2.05, 4.69) is 4.90 Å². The number of hydrogen-bond acceptors (Lipinski definition) is 3. The topological polar surface area (TPSA) is 29.5 Å². The van der Waals surface area contributed by atoms with Gasteiger partial charge in [0, 0.05) is 29.8 Å². The summed E-state index contributed by atoms with van der Waals surface area (Å²) >= 11 is 5.81. The minimum atomic E-state index is 0.139. The molecule has 0 aliphatic carbocycles. The lowest BCUT2D eigenvalue weighted by molar-refractivity contribution is 0.0418. The molecule has 4 heteroatoms. The Bertz CT molecular complexity index is 399. The van der Waals surface area contributed by atoms with Gasteiger partial charge in [-0.05, 0) is 44.2 Å². The number of nitrogens with zero attached hydrogens (tertiary/aromatic N) is 1. The monoisotopic (exact) mass is 267 g/mol. The first-order chi connectivity index (χ1) is 8.66. The normalized spacial score (nSPS) is 17.1. The second kappa shape index (κ2) is 6.32. The highest BCUT2D eigenvalue weighted by atomic mass is 35.5. The Labute approximate surface area is 113 Å². The third-order valence-electron chi connectivity index (χ3n) is 3.37. The van der Waals surface area contributed by atoms with E-state index in [0.717, 1.165) is 31.6 Å². The van der Waals surface area contributed by atoms with Gasteiger partial charge in [0.05, 0.1) is 6.54 Å². The summed E-state index contributed by atoms with van der Waals surface area (Å²) in [5.41, 5.74) is 0.721. The van der Waals surface area contributed by atoms with Crippen molar-refractivity contribution in [3.8, 4) is 0 Å². The van der Waals surface area contributed by atoms with E-state index in [1.54, 1.807) is 24.3 Å². The van der Waals surface area contributed by atoms with Crippen molar-refractivity contribution < 1.29 is 9.53 Å². The second-order valence-corrected chi connectivity index (χ2v) is 5.13. The van der Waals surface area contributed by atoms with E-state index in [4.69, 9.17) is 16.3 Å². The third-order valence-corrected chi connectivity index (χ3v) is 3.63. The van der Waals surface area contributed by atoms with Crippen LogP contribution in [0, 0.1) is 0 Å². The zero-order valence-electron chi connectivity index (χ0n) is 10.6. The summed E-state index contributed by atoms with van der Waals surface area (Å²) < 4.78 is 5.33. The van der Waals surface area contributed by atoms with Crippen LogP contribution in [0.3, 0.4) is 0 Å². The molecule has 1 aromatic rings. The number of ether oxygens (including phenoxy) is 1. The summed E-state index contributed by atoms with van der Waals surface area (Å²) in [7, 11) is 2.00. The fourth-order valence-electron chi connectivity index (χ4n) is 2.21. The van der Waals surface area contributed by atoms with Crippen LogP contribution in [-0.2, 0) is 4.74 Å². The van der Waals surface area contributed by atoms with Crippen LogP contribution in [0.4, 0.5) is 0 Å². The second-order valence-electron chi connectivity index (χ2n) is 4.69. The molecule has 0 amide bonds. The van der Waals surface area contributed by atoms with Gasteiger partial charge in [-0.3, -0.25) is 9.69 Å². The number of Topliss-reactive ketones (excluding diaryl/α,β-unsaturated/α-hetero) is 1. The summed E-state index contributed by atoms with van der Waals surface area (Å²) in [6.45, 7) is 2.04. The van der Waals surface area contributed by atoms with Crippen molar-refractivity contribution in [2.75, 3.05) is 26.8 Å². The molecule has 2 rings (SSSR count). The van der Waals surface area contributed by atoms with Crippen molar-refractivity contribution in [2.24, 2.45) is 0 Å². The van der Waals surface area contributed by atoms with Gasteiger partial charge in [-0.25, -0.2) is 0 Å². The molecule has 1 saturated heterocycles. The highest BCUT2D eigenvalue weighted by molar-refractivity contribution is 6.30. The van der Waals surface area contributed by atoms with Gasteiger partial charge in [0.2, 0.25) is 0 Å². The molecule has 1 heterocycles. The van der Waals surface area contributed by atoms with Gasteiger partial charge in [0.25, 0.3) is 0 Å². The molecule has 0 N–H and O–H groups in total. The number of ketones is 1. The molecule has 1 aliphatic rings. The maximum absolute atomic E-state index is 12.1. The van der Waals surface area contributed by atoms with E-state index in [1.165, 1.54) is 0 Å². The Balaban J connectivity index is 1.91. The molecule has 0 aromatic heterocycles. The molecular formula is C14H18ClNO2. The van der Waals surface area contributed by atoms with E-state index in [1.807, 2.05) is 7.05 Å². The first kappa shape index (κ1) is 13.5. The Hall–Kier alpha value is -0.900. The highest BCUT2D eigenvalue weighted by Gasteiger charge is 2.20. The quantitative estimate of drug-likeness (QED) is 0.786. The fourth-order valence-corrected chi connectivity index (χ4v) is 2.33. The Morgan fingerprint density at radius 2 is 1.94 bits per heavy atom. The van der Waals surface area contributed by atoms with Gasteiger partial charge in [-0.15, -0.1) is 0 Å². The fraction of sp³-hybridized carbons (Fsp3) is 0.500. The number of benzene rings is 1. The van der Waals surface area contributed by atoms with Crippen LogP contribution in [-0.4, -0.2) is 43.5 Å². The molecule has 0 radical (unpaired) electrons. The first-order valence-electron chi connectivity index (χ1n) is 6.23. The van der Waals surface area contributed by atoms with Crippen molar-refractivity contribution in [1.82, 2.24) is 4.90 Å². The molecule has 1 fully saturated rings. The van der Waals surface area contributed by atoms with E-state index >= 15 is 0 Å². The zero-order chi connectivity index (χ0) is 13.0. The van der Waals surface area contributed by atoms with Gasteiger partial charge < -0.3 is 4.74 Å². The average molecular weight is 268 g/mol. The van der Waals surface area contributed by atoms with Crippen molar-refractivity contribution in [3.05, 3.63) is 34.9 Å². The smallest absolute Gasteiger partial charge is 0.176 e. The van der Waals surface area contributed by atoms with E-state index in [9.17, 15) is 4.79 Å². The Morgan fingerprint density at radius 3 is 2.56 bits per heavy atom. The molecule has 98 valence electrons. The molecule has 18 heavy (non-hydrogen) atoms. The number of carbonyl (C=O) groups is 1. The molecule has 0 spiro atoms. The van der Waals surface area contributed by atoms with E-state index < -0.39 is 0 Å². The maximum Gasteiger partial charge on any atom is 0.176 e. The predicted molar refractivity (Wildman–Crippen MR) is 72.3 cm³/mol. The molecule has 0 bridgehead atoms. The van der Waals surface area contributed by atoms with Gasteiger partial charge in [-0.2, -0.15) is 0 Å². The summed E-state index contributed by atoms with van der Waals surface area (Å²) in [6.07, 6.45) is 2.01. The van der Waals surface area contributed by atoms with Crippen LogP contribution in [0.15, 0.2) is 24.3 Å². The minimum Gasteiger partial charge on any atom is -0.381 e. The van der Waals surface area contributed by atoms with Crippen molar-refractivity contribution in [2.45, 2.75) is 18.9 Å². The zero-order valence-corrected chi connectivity index (χ0v) is 11.3. The molecule has 1 aliphatic heterocycles. The van der Waals surface area contributed by atoms with Gasteiger partial charge in [-0.1, -0.05) is 11.6 Å². The average Bonchev–Trinajstić information content (AvgIpc) is 2.40. The van der Waals surface area contributed by atoms with Crippen LogP contribution in [0.1, 0.15) is 23.2 Å².